The van der Waals surface area contributed by atoms with Crippen molar-refractivity contribution in [3.8, 4) is 6.07 Å². The fourth-order valence-corrected chi connectivity index (χ4v) is 6.34. The number of carbonyl (C=O) groups excluding carboxylic acids is 1. The quantitative estimate of drug-likeness (QED) is 0.559. The van der Waals surface area contributed by atoms with E-state index >= 15 is 0 Å². The minimum Gasteiger partial charge on any atom is -0.469 e. The van der Waals surface area contributed by atoms with Crippen molar-refractivity contribution in [2.75, 3.05) is 7.11 Å². The Morgan fingerprint density at radius 1 is 1.21 bits per heavy atom. The van der Waals surface area contributed by atoms with Gasteiger partial charge in [0.2, 0.25) is 0 Å². The molecule has 0 aromatic carbocycles. The van der Waals surface area contributed by atoms with Crippen LogP contribution < -0.4 is 0 Å². The topological polar surface area (TPSA) is 50.1 Å². The lowest BCUT2D eigenvalue weighted by atomic mass is 8.92. The number of hydrogen-bond donors (Lipinski definition) is 0. The third kappa shape index (κ3) is 0.222. The van der Waals surface area contributed by atoms with Crippen LogP contribution in [0.3, 0.4) is 0 Å². The first-order chi connectivity index (χ1) is 6.77. The summed E-state index contributed by atoms with van der Waals surface area (Å²) in [7, 11) is 1.49. The zero-order chi connectivity index (χ0) is 9.46. The third-order valence-corrected chi connectivity index (χ3v) is 6.36. The van der Waals surface area contributed by atoms with E-state index in [1.807, 2.05) is 0 Å². The Bertz CT molecular complexity index is 407. The Kier molecular flexibility index (Phi) is 0.573. The van der Waals surface area contributed by atoms with Gasteiger partial charge in [-0.3, -0.25) is 4.79 Å². The van der Waals surface area contributed by atoms with Gasteiger partial charge in [-0.2, -0.15) is 5.26 Å². The molecule has 0 unspecified atom stereocenters. The molecule has 0 atom stereocenters. The van der Waals surface area contributed by atoms with Crippen molar-refractivity contribution < 1.29 is 9.53 Å². The molecule has 6 rings (SSSR count). The Labute approximate surface area is 81.0 Å². The molecule has 6 aliphatic rings. The van der Waals surface area contributed by atoms with E-state index < -0.39 is 0 Å². The van der Waals surface area contributed by atoms with Gasteiger partial charge in [-0.25, -0.2) is 0 Å². The SMILES string of the molecule is COC(=O)C12C3C4C1C1C2C3C41C#N. The molecule has 0 heterocycles. The van der Waals surface area contributed by atoms with Gasteiger partial charge in [0.1, 0.15) is 0 Å². The maximum atomic E-state index is 11.7. The summed E-state index contributed by atoms with van der Waals surface area (Å²) in [6.45, 7) is 0. The number of ether oxygens (including phenoxy) is 1. The van der Waals surface area contributed by atoms with Gasteiger partial charge in [0, 0.05) is 0 Å². The third-order valence-electron chi connectivity index (χ3n) is 6.36. The lowest BCUT2D eigenvalue weighted by molar-refractivity contribution is -0.626. The predicted octanol–water partition coefficient (Wildman–Crippen LogP) is 0.421. The van der Waals surface area contributed by atoms with E-state index in [-0.39, 0.29) is 16.8 Å². The molecule has 6 fully saturated rings. The summed E-state index contributed by atoms with van der Waals surface area (Å²) in [4.78, 5) is 11.7. The van der Waals surface area contributed by atoms with Crippen LogP contribution in [0.5, 0.6) is 0 Å². The van der Waals surface area contributed by atoms with Gasteiger partial charge in [0.25, 0.3) is 0 Å². The summed E-state index contributed by atoms with van der Waals surface area (Å²) in [6.07, 6.45) is 0. The van der Waals surface area contributed by atoms with E-state index in [2.05, 4.69) is 6.07 Å². The van der Waals surface area contributed by atoms with E-state index in [1.54, 1.807) is 0 Å². The molecule has 0 radical (unpaired) electrons. The number of esters is 1. The van der Waals surface area contributed by atoms with Gasteiger partial charge in [-0.15, -0.1) is 0 Å². The van der Waals surface area contributed by atoms with Crippen LogP contribution in [0.2, 0.25) is 0 Å². The maximum Gasteiger partial charge on any atom is 0.312 e. The van der Waals surface area contributed by atoms with Crippen LogP contribution in [0.1, 0.15) is 0 Å². The number of methoxy groups -OCH3 is 1. The van der Waals surface area contributed by atoms with Crippen molar-refractivity contribution >= 4 is 5.97 Å². The van der Waals surface area contributed by atoms with Crippen LogP contribution in [0, 0.1) is 57.7 Å². The second-order valence-corrected chi connectivity index (χ2v) is 5.62. The van der Waals surface area contributed by atoms with Gasteiger partial charge >= 0.3 is 5.97 Å². The second-order valence-electron chi connectivity index (χ2n) is 5.62. The van der Waals surface area contributed by atoms with Crippen molar-refractivity contribution in [2.45, 2.75) is 0 Å². The fraction of sp³-hybridized carbons (Fsp3) is 0.818. The molecule has 0 aromatic rings. The van der Waals surface area contributed by atoms with E-state index in [4.69, 9.17) is 10.00 Å². The molecule has 3 nitrogen and oxygen atoms in total. The molecule has 70 valence electrons. The highest BCUT2D eigenvalue weighted by atomic mass is 16.5. The summed E-state index contributed by atoms with van der Waals surface area (Å²) < 4.78 is 4.90. The molecule has 0 spiro atoms. The molecule has 0 N–H and O–H groups in total. The first-order valence-corrected chi connectivity index (χ1v) is 5.27. The lowest BCUT2D eigenvalue weighted by Crippen LogP contribution is -3.10. The molecule has 0 amide bonds. The Balaban J connectivity index is 1.63. The predicted molar refractivity (Wildman–Crippen MR) is 43.4 cm³/mol. The Hall–Kier alpha value is -1.04. The monoisotopic (exact) mass is 187 g/mol. The first-order valence-electron chi connectivity index (χ1n) is 5.27. The van der Waals surface area contributed by atoms with Crippen LogP contribution >= 0.6 is 0 Å². The lowest BCUT2D eigenvalue weighted by Gasteiger charge is -3.08. The smallest absolute Gasteiger partial charge is 0.312 e. The van der Waals surface area contributed by atoms with E-state index in [0.717, 1.165) is 0 Å². The molecule has 0 saturated heterocycles. The van der Waals surface area contributed by atoms with Crippen LogP contribution in [-0.2, 0) is 9.53 Å². The van der Waals surface area contributed by atoms with Gasteiger partial charge in [0.05, 0.1) is 24.0 Å². The largest absolute Gasteiger partial charge is 0.469 e. The molecule has 0 bridgehead atoms. The van der Waals surface area contributed by atoms with Gasteiger partial charge in [0.15, 0.2) is 0 Å². The number of rotatable bonds is 1. The van der Waals surface area contributed by atoms with Crippen LogP contribution in [-0.4, -0.2) is 13.1 Å². The average Bonchev–Trinajstić information content (AvgIpc) is 2.27. The highest BCUT2D eigenvalue weighted by molar-refractivity contribution is 5.88. The average molecular weight is 187 g/mol. The standard InChI is InChI=1S/C11H9NO2/c1-14-9(13)11-6-3-7(11)5-8(11)4(6)10(3,5)2-12/h3-8H,1H3. The molecular weight excluding hydrogens is 178 g/mol. The highest BCUT2D eigenvalue weighted by Gasteiger charge is 3.12. The summed E-state index contributed by atoms with van der Waals surface area (Å²) in [5.74, 6) is 3.44. The number of nitrogens with zero attached hydrogens (tertiary/aromatic N) is 1. The molecule has 6 saturated carbocycles. The minimum atomic E-state index is -0.0622. The van der Waals surface area contributed by atoms with Crippen LogP contribution in [0.15, 0.2) is 0 Å². The molecule has 14 heavy (non-hydrogen) atoms. The molecule has 0 aliphatic heterocycles. The van der Waals surface area contributed by atoms with E-state index in [1.165, 1.54) is 7.11 Å². The number of carbonyl (C=O) groups is 1. The summed E-state index contributed by atoms with van der Waals surface area (Å²) in [5.41, 5.74) is 0.00310. The van der Waals surface area contributed by atoms with Crippen molar-refractivity contribution in [3.63, 3.8) is 0 Å². The minimum absolute atomic E-state index is 0.0208. The van der Waals surface area contributed by atoms with Crippen molar-refractivity contribution in [2.24, 2.45) is 46.3 Å². The van der Waals surface area contributed by atoms with E-state index in [0.29, 0.717) is 35.5 Å². The Morgan fingerprint density at radius 3 is 2.07 bits per heavy atom. The Morgan fingerprint density at radius 2 is 1.71 bits per heavy atom. The summed E-state index contributed by atoms with van der Waals surface area (Å²) in [6, 6.07) is 2.51. The van der Waals surface area contributed by atoms with Crippen LogP contribution in [0.4, 0.5) is 0 Å². The maximum absolute atomic E-state index is 11.7. The zero-order valence-electron chi connectivity index (χ0n) is 7.73. The first kappa shape index (κ1) is 6.44. The summed E-state index contributed by atoms with van der Waals surface area (Å²) in [5, 5.41) is 9.13. The van der Waals surface area contributed by atoms with Gasteiger partial charge in [-0.1, -0.05) is 0 Å². The highest BCUT2D eigenvalue weighted by Crippen LogP contribution is 3.10. The molecular formula is C11H9NO2. The summed E-state index contributed by atoms with van der Waals surface area (Å²) >= 11 is 0. The van der Waals surface area contributed by atoms with Crippen molar-refractivity contribution in [1.82, 2.24) is 0 Å². The zero-order valence-corrected chi connectivity index (χ0v) is 7.73. The number of hydrogen-bond acceptors (Lipinski definition) is 3. The molecule has 6 aliphatic carbocycles. The van der Waals surface area contributed by atoms with Gasteiger partial charge < -0.3 is 4.74 Å². The van der Waals surface area contributed by atoms with Crippen molar-refractivity contribution in [3.05, 3.63) is 0 Å². The van der Waals surface area contributed by atoms with Crippen molar-refractivity contribution in [1.29, 1.82) is 5.26 Å². The fourth-order valence-electron chi connectivity index (χ4n) is 6.34. The molecule has 3 heteroatoms. The van der Waals surface area contributed by atoms with E-state index in [9.17, 15) is 4.79 Å². The second kappa shape index (κ2) is 1.25. The number of nitriles is 1. The molecule has 0 aromatic heterocycles. The van der Waals surface area contributed by atoms with Gasteiger partial charge in [-0.05, 0) is 35.5 Å². The normalized spacial score (nSPS) is 76.3. The van der Waals surface area contributed by atoms with Crippen LogP contribution in [0.25, 0.3) is 0 Å².